The molecule has 2 aliphatic heterocycles. The third kappa shape index (κ3) is 2.98. The third-order valence-corrected chi connectivity index (χ3v) is 4.57. The van der Waals surface area contributed by atoms with Crippen LogP contribution in [0.5, 0.6) is 0 Å². The van der Waals surface area contributed by atoms with E-state index in [1.165, 1.54) is 32.4 Å². The number of ether oxygens (including phenoxy) is 1. The van der Waals surface area contributed by atoms with Crippen molar-refractivity contribution in [3.63, 3.8) is 0 Å². The Kier molecular flexibility index (Phi) is 4.26. The number of piperidine rings is 1. The second-order valence-electron chi connectivity index (χ2n) is 6.04. The molecule has 0 aromatic heterocycles. The Bertz CT molecular complexity index is 219. The van der Waals surface area contributed by atoms with Gasteiger partial charge in [0.1, 0.15) is 0 Å². The minimum Gasteiger partial charge on any atom is -0.377 e. The van der Waals surface area contributed by atoms with Crippen molar-refractivity contribution >= 4 is 0 Å². The monoisotopic (exact) mass is 225 g/mol. The fraction of sp³-hybridized carbons (Fsp3) is 1.00. The van der Waals surface area contributed by atoms with Gasteiger partial charge in [-0.1, -0.05) is 20.8 Å². The van der Waals surface area contributed by atoms with E-state index >= 15 is 0 Å². The zero-order valence-corrected chi connectivity index (χ0v) is 11.1. The molecule has 94 valence electrons. The van der Waals surface area contributed by atoms with Gasteiger partial charge in [-0.15, -0.1) is 0 Å². The first-order chi connectivity index (χ1) is 7.66. The molecular weight excluding hydrogens is 198 g/mol. The Labute approximate surface area is 100 Å². The van der Waals surface area contributed by atoms with Crippen LogP contribution in [0.1, 0.15) is 40.0 Å². The second-order valence-corrected chi connectivity index (χ2v) is 6.04. The predicted octanol–water partition coefficient (Wildman–Crippen LogP) is 2.78. The van der Waals surface area contributed by atoms with Crippen LogP contribution in [0.25, 0.3) is 0 Å². The summed E-state index contributed by atoms with van der Waals surface area (Å²) in [4.78, 5) is 2.62. The van der Waals surface area contributed by atoms with E-state index in [4.69, 9.17) is 4.74 Å². The van der Waals surface area contributed by atoms with E-state index in [0.717, 1.165) is 30.9 Å². The van der Waals surface area contributed by atoms with Gasteiger partial charge >= 0.3 is 0 Å². The molecule has 2 saturated heterocycles. The lowest BCUT2D eigenvalue weighted by atomic mass is 9.85. The average molecular weight is 225 g/mol. The molecule has 0 spiro atoms. The first-order valence-corrected chi connectivity index (χ1v) is 7.00. The summed E-state index contributed by atoms with van der Waals surface area (Å²) in [6.45, 7) is 11.8. The fourth-order valence-corrected chi connectivity index (χ4v) is 3.11. The fourth-order valence-electron chi connectivity index (χ4n) is 3.11. The zero-order valence-electron chi connectivity index (χ0n) is 11.1. The molecule has 0 saturated carbocycles. The van der Waals surface area contributed by atoms with Crippen LogP contribution >= 0.6 is 0 Å². The minimum absolute atomic E-state index is 0.481. The zero-order chi connectivity index (χ0) is 11.5. The molecule has 2 nitrogen and oxygen atoms in total. The first kappa shape index (κ1) is 12.4. The average Bonchev–Trinajstić information content (AvgIpc) is 2.25. The molecule has 0 bridgehead atoms. The van der Waals surface area contributed by atoms with Crippen molar-refractivity contribution < 1.29 is 4.74 Å². The highest BCUT2D eigenvalue weighted by molar-refractivity contribution is 4.81. The molecule has 0 radical (unpaired) electrons. The van der Waals surface area contributed by atoms with Gasteiger partial charge in [0, 0.05) is 19.7 Å². The first-order valence-electron chi connectivity index (χ1n) is 7.00. The van der Waals surface area contributed by atoms with Gasteiger partial charge in [0.2, 0.25) is 0 Å². The summed E-state index contributed by atoms with van der Waals surface area (Å²) >= 11 is 0. The van der Waals surface area contributed by atoms with Crippen LogP contribution in [-0.2, 0) is 4.74 Å². The van der Waals surface area contributed by atoms with E-state index in [1.54, 1.807) is 0 Å². The molecular formula is C14H27NO. The van der Waals surface area contributed by atoms with Crippen LogP contribution in [0.15, 0.2) is 0 Å². The number of rotatable bonds is 2. The van der Waals surface area contributed by atoms with Crippen LogP contribution in [0.4, 0.5) is 0 Å². The van der Waals surface area contributed by atoms with Gasteiger partial charge in [0.15, 0.2) is 0 Å². The largest absolute Gasteiger partial charge is 0.377 e. The molecule has 2 heteroatoms. The van der Waals surface area contributed by atoms with E-state index in [2.05, 4.69) is 25.7 Å². The molecule has 0 N–H and O–H groups in total. The number of hydrogen-bond acceptors (Lipinski definition) is 2. The SMILES string of the molecule is CC1[C@@H](C)CCO[C@@H]1CN1CCC[C@H](C)C1. The Morgan fingerprint density at radius 2 is 2.00 bits per heavy atom. The molecule has 2 aliphatic rings. The van der Waals surface area contributed by atoms with Crippen LogP contribution in [-0.4, -0.2) is 37.2 Å². The van der Waals surface area contributed by atoms with Crippen LogP contribution in [0.2, 0.25) is 0 Å². The molecule has 2 rings (SSSR count). The Morgan fingerprint density at radius 1 is 1.19 bits per heavy atom. The van der Waals surface area contributed by atoms with E-state index in [0.29, 0.717) is 6.10 Å². The summed E-state index contributed by atoms with van der Waals surface area (Å²) in [5, 5.41) is 0. The molecule has 0 aromatic rings. The topological polar surface area (TPSA) is 12.5 Å². The van der Waals surface area contributed by atoms with E-state index in [1.807, 2.05) is 0 Å². The van der Waals surface area contributed by atoms with Gasteiger partial charge in [-0.3, -0.25) is 0 Å². The highest BCUT2D eigenvalue weighted by atomic mass is 16.5. The lowest BCUT2D eigenvalue weighted by Gasteiger charge is -2.39. The highest BCUT2D eigenvalue weighted by Gasteiger charge is 2.30. The standard InChI is InChI=1S/C14H27NO/c1-11-5-4-7-15(9-11)10-14-13(3)12(2)6-8-16-14/h11-14H,4-10H2,1-3H3/t11-,12-,13?,14+/m0/s1. The van der Waals surface area contributed by atoms with Crippen molar-refractivity contribution in [2.75, 3.05) is 26.2 Å². The quantitative estimate of drug-likeness (QED) is 0.716. The highest BCUT2D eigenvalue weighted by Crippen LogP contribution is 2.27. The van der Waals surface area contributed by atoms with Crippen molar-refractivity contribution in [3.05, 3.63) is 0 Å². The number of nitrogens with zero attached hydrogens (tertiary/aromatic N) is 1. The van der Waals surface area contributed by atoms with E-state index in [-0.39, 0.29) is 0 Å². The van der Waals surface area contributed by atoms with Crippen molar-refractivity contribution in [3.8, 4) is 0 Å². The summed E-state index contributed by atoms with van der Waals surface area (Å²) < 4.78 is 5.96. The molecule has 1 unspecified atom stereocenters. The van der Waals surface area contributed by atoms with Gasteiger partial charge in [-0.25, -0.2) is 0 Å². The summed E-state index contributed by atoms with van der Waals surface area (Å²) in [7, 11) is 0. The lowest BCUT2D eigenvalue weighted by Crippen LogP contribution is -2.45. The van der Waals surface area contributed by atoms with Crippen molar-refractivity contribution in [1.29, 1.82) is 0 Å². The lowest BCUT2D eigenvalue weighted by molar-refractivity contribution is -0.0648. The normalized spacial score (nSPS) is 42.2. The second kappa shape index (κ2) is 5.50. The molecule has 2 heterocycles. The summed E-state index contributed by atoms with van der Waals surface area (Å²) in [5.74, 6) is 2.44. The maximum Gasteiger partial charge on any atom is 0.0729 e. The number of likely N-dealkylation sites (tertiary alicyclic amines) is 1. The third-order valence-electron chi connectivity index (χ3n) is 4.57. The van der Waals surface area contributed by atoms with Gasteiger partial charge in [-0.05, 0) is 43.6 Å². The van der Waals surface area contributed by atoms with Gasteiger partial charge < -0.3 is 9.64 Å². The van der Waals surface area contributed by atoms with Crippen molar-refractivity contribution in [1.82, 2.24) is 4.90 Å². The Morgan fingerprint density at radius 3 is 2.75 bits per heavy atom. The summed E-state index contributed by atoms with van der Waals surface area (Å²) in [5.41, 5.74) is 0. The minimum atomic E-state index is 0.481. The van der Waals surface area contributed by atoms with Gasteiger partial charge in [-0.2, -0.15) is 0 Å². The number of hydrogen-bond donors (Lipinski definition) is 0. The smallest absolute Gasteiger partial charge is 0.0729 e. The molecule has 0 aliphatic carbocycles. The summed E-state index contributed by atoms with van der Waals surface area (Å²) in [6, 6.07) is 0. The van der Waals surface area contributed by atoms with Crippen LogP contribution in [0, 0.1) is 17.8 Å². The van der Waals surface area contributed by atoms with Crippen molar-refractivity contribution in [2.24, 2.45) is 17.8 Å². The van der Waals surface area contributed by atoms with Crippen LogP contribution in [0.3, 0.4) is 0 Å². The summed E-state index contributed by atoms with van der Waals surface area (Å²) in [6.07, 6.45) is 4.51. The van der Waals surface area contributed by atoms with E-state index < -0.39 is 0 Å². The van der Waals surface area contributed by atoms with E-state index in [9.17, 15) is 0 Å². The maximum absolute atomic E-state index is 5.96. The molecule has 16 heavy (non-hydrogen) atoms. The predicted molar refractivity (Wildman–Crippen MR) is 67.5 cm³/mol. The Balaban J connectivity index is 1.83. The van der Waals surface area contributed by atoms with Crippen LogP contribution < -0.4 is 0 Å². The van der Waals surface area contributed by atoms with Gasteiger partial charge in [0.05, 0.1) is 6.10 Å². The molecule has 0 aromatic carbocycles. The van der Waals surface area contributed by atoms with Gasteiger partial charge in [0.25, 0.3) is 0 Å². The maximum atomic E-state index is 5.96. The molecule has 0 amide bonds. The van der Waals surface area contributed by atoms with Crippen molar-refractivity contribution in [2.45, 2.75) is 46.1 Å². The Hall–Kier alpha value is -0.0800. The molecule has 4 atom stereocenters. The molecule has 2 fully saturated rings.